The summed E-state index contributed by atoms with van der Waals surface area (Å²) in [6.07, 6.45) is 2.58. The number of aryl methyl sites for hydroxylation is 1. The van der Waals surface area contributed by atoms with E-state index in [9.17, 15) is 4.79 Å². The Hall–Kier alpha value is -1.43. The molecule has 2 heterocycles. The topological polar surface area (TPSA) is 63.1 Å². The van der Waals surface area contributed by atoms with E-state index in [2.05, 4.69) is 29.4 Å². The Balaban J connectivity index is 1.97. The second-order valence-electron chi connectivity index (χ2n) is 4.96. The van der Waals surface area contributed by atoms with E-state index in [1.165, 1.54) is 0 Å². The van der Waals surface area contributed by atoms with Crippen LogP contribution < -0.4 is 5.32 Å². The van der Waals surface area contributed by atoms with Crippen LogP contribution in [0, 0.1) is 0 Å². The van der Waals surface area contributed by atoms with Gasteiger partial charge >= 0.3 is 0 Å². The van der Waals surface area contributed by atoms with Crippen LogP contribution in [-0.4, -0.2) is 44.2 Å². The number of hydrogen-bond acceptors (Lipinski definition) is 4. The highest BCUT2D eigenvalue weighted by Gasteiger charge is 2.32. The van der Waals surface area contributed by atoms with E-state index >= 15 is 0 Å². The van der Waals surface area contributed by atoms with E-state index in [-0.39, 0.29) is 11.9 Å². The summed E-state index contributed by atoms with van der Waals surface area (Å²) in [5, 5.41) is 11.3. The smallest absolute Gasteiger partial charge is 0.240 e. The van der Waals surface area contributed by atoms with Gasteiger partial charge in [0, 0.05) is 19.1 Å². The van der Waals surface area contributed by atoms with Gasteiger partial charge in [0.15, 0.2) is 5.82 Å². The van der Waals surface area contributed by atoms with Crippen LogP contribution in [0.15, 0.2) is 6.33 Å². The molecule has 6 nitrogen and oxygen atoms in total. The normalized spacial score (nSPS) is 20.1. The number of hydrogen-bond donors (Lipinski definition) is 1. The molecule has 1 aromatic rings. The zero-order valence-electron chi connectivity index (χ0n) is 11.3. The van der Waals surface area contributed by atoms with Crippen LogP contribution in [0.3, 0.4) is 0 Å². The number of rotatable bonds is 5. The molecule has 1 unspecified atom stereocenters. The first-order valence-electron chi connectivity index (χ1n) is 6.53. The van der Waals surface area contributed by atoms with E-state index in [0.717, 1.165) is 25.3 Å². The van der Waals surface area contributed by atoms with Gasteiger partial charge in [-0.05, 0) is 13.3 Å². The molecule has 6 heteroatoms. The summed E-state index contributed by atoms with van der Waals surface area (Å²) in [5.74, 6) is 1.03. The van der Waals surface area contributed by atoms with E-state index in [4.69, 9.17) is 0 Å². The highest BCUT2D eigenvalue weighted by Crippen LogP contribution is 2.14. The molecule has 0 bridgehead atoms. The van der Waals surface area contributed by atoms with E-state index in [1.807, 2.05) is 16.4 Å². The zero-order valence-corrected chi connectivity index (χ0v) is 11.3. The molecule has 1 saturated heterocycles. The predicted octanol–water partition coefficient (Wildman–Crippen LogP) is 0.397. The third-order valence-corrected chi connectivity index (χ3v) is 3.20. The van der Waals surface area contributed by atoms with Gasteiger partial charge in [0.1, 0.15) is 6.33 Å². The van der Waals surface area contributed by atoms with Gasteiger partial charge in [0.25, 0.3) is 0 Å². The maximum atomic E-state index is 12.2. The first-order valence-corrected chi connectivity index (χ1v) is 6.53. The van der Waals surface area contributed by atoms with Crippen molar-refractivity contribution in [2.24, 2.45) is 0 Å². The average Bonchev–Trinajstić information content (AvgIpc) is 2.90. The summed E-state index contributed by atoms with van der Waals surface area (Å²) in [7, 11) is 0. The standard InChI is InChI=1S/C12H21N5O/c1-4-16-8-13-15-11(16)7-17-6-5-10(12(17)18)14-9(2)3/h8-10,14H,4-7H2,1-3H3. The molecule has 1 N–H and O–H groups in total. The summed E-state index contributed by atoms with van der Waals surface area (Å²) < 4.78 is 1.97. The van der Waals surface area contributed by atoms with Crippen LogP contribution in [0.1, 0.15) is 33.0 Å². The molecule has 18 heavy (non-hydrogen) atoms. The fourth-order valence-electron chi connectivity index (χ4n) is 2.29. The van der Waals surface area contributed by atoms with Crippen molar-refractivity contribution in [3.05, 3.63) is 12.2 Å². The fourth-order valence-corrected chi connectivity index (χ4v) is 2.29. The van der Waals surface area contributed by atoms with E-state index in [1.54, 1.807) is 6.33 Å². The Labute approximate surface area is 107 Å². The first kappa shape index (κ1) is 13.0. The van der Waals surface area contributed by atoms with Crippen LogP contribution in [0.2, 0.25) is 0 Å². The summed E-state index contributed by atoms with van der Waals surface area (Å²) in [6, 6.07) is 0.293. The van der Waals surface area contributed by atoms with E-state index < -0.39 is 0 Å². The van der Waals surface area contributed by atoms with Crippen LogP contribution >= 0.6 is 0 Å². The summed E-state index contributed by atoms with van der Waals surface area (Å²) in [6.45, 7) is 8.34. The number of aromatic nitrogens is 3. The predicted molar refractivity (Wildman–Crippen MR) is 67.8 cm³/mol. The zero-order chi connectivity index (χ0) is 13.1. The van der Waals surface area contributed by atoms with Crippen molar-refractivity contribution < 1.29 is 4.79 Å². The highest BCUT2D eigenvalue weighted by atomic mass is 16.2. The maximum Gasteiger partial charge on any atom is 0.240 e. The van der Waals surface area contributed by atoms with Crippen molar-refractivity contribution in [1.82, 2.24) is 25.0 Å². The van der Waals surface area contributed by atoms with Crippen molar-refractivity contribution >= 4 is 5.91 Å². The van der Waals surface area contributed by atoms with Gasteiger partial charge in [0.05, 0.1) is 12.6 Å². The van der Waals surface area contributed by atoms with Crippen LogP contribution in [0.5, 0.6) is 0 Å². The molecule has 1 aliphatic rings. The summed E-state index contributed by atoms with van der Waals surface area (Å²) >= 11 is 0. The number of carbonyl (C=O) groups is 1. The van der Waals surface area contributed by atoms with Gasteiger partial charge in [0.2, 0.25) is 5.91 Å². The molecule has 1 amide bonds. The summed E-state index contributed by atoms with van der Waals surface area (Å²) in [5.41, 5.74) is 0. The van der Waals surface area contributed by atoms with Gasteiger partial charge in [-0.1, -0.05) is 13.8 Å². The molecule has 0 aliphatic carbocycles. The largest absolute Gasteiger partial charge is 0.334 e. The van der Waals surface area contributed by atoms with Gasteiger partial charge in [-0.25, -0.2) is 0 Å². The molecule has 100 valence electrons. The molecule has 2 rings (SSSR count). The maximum absolute atomic E-state index is 12.2. The van der Waals surface area contributed by atoms with Gasteiger partial charge in [-0.15, -0.1) is 10.2 Å². The second-order valence-corrected chi connectivity index (χ2v) is 4.96. The molecule has 0 spiro atoms. The Morgan fingerprint density at radius 2 is 2.33 bits per heavy atom. The van der Waals surface area contributed by atoms with Crippen molar-refractivity contribution in [1.29, 1.82) is 0 Å². The lowest BCUT2D eigenvalue weighted by Gasteiger charge is -2.18. The quantitative estimate of drug-likeness (QED) is 0.822. The van der Waals surface area contributed by atoms with Crippen molar-refractivity contribution in [3.8, 4) is 0 Å². The molecular formula is C12H21N5O. The molecule has 0 aromatic carbocycles. The van der Waals surface area contributed by atoms with Gasteiger partial charge in [-0.2, -0.15) is 0 Å². The molecular weight excluding hydrogens is 230 g/mol. The van der Waals surface area contributed by atoms with Gasteiger partial charge in [-0.3, -0.25) is 4.79 Å². The number of carbonyl (C=O) groups excluding carboxylic acids is 1. The average molecular weight is 251 g/mol. The molecule has 1 fully saturated rings. The molecule has 1 aliphatic heterocycles. The van der Waals surface area contributed by atoms with Crippen LogP contribution in [0.4, 0.5) is 0 Å². The summed E-state index contributed by atoms with van der Waals surface area (Å²) in [4.78, 5) is 14.0. The third-order valence-electron chi connectivity index (χ3n) is 3.20. The Kier molecular flexibility index (Phi) is 3.96. The lowest BCUT2D eigenvalue weighted by Crippen LogP contribution is -2.41. The number of likely N-dealkylation sites (tertiary alicyclic amines) is 1. The monoisotopic (exact) mass is 251 g/mol. The van der Waals surface area contributed by atoms with Crippen LogP contribution in [0.25, 0.3) is 0 Å². The molecule has 0 saturated carbocycles. The number of amides is 1. The molecule has 0 radical (unpaired) electrons. The molecule has 1 aromatic heterocycles. The third kappa shape index (κ3) is 2.69. The minimum absolute atomic E-state index is 0.0389. The SMILES string of the molecule is CCn1cnnc1CN1CCC(NC(C)C)C1=O. The Morgan fingerprint density at radius 1 is 1.56 bits per heavy atom. The lowest BCUT2D eigenvalue weighted by molar-refractivity contribution is -0.130. The second kappa shape index (κ2) is 5.48. The van der Waals surface area contributed by atoms with Gasteiger partial charge < -0.3 is 14.8 Å². The molecule has 1 atom stereocenters. The van der Waals surface area contributed by atoms with Crippen molar-refractivity contribution in [2.45, 2.75) is 52.4 Å². The lowest BCUT2D eigenvalue weighted by atomic mass is 10.2. The number of nitrogens with one attached hydrogen (secondary N) is 1. The number of nitrogens with zero attached hydrogens (tertiary/aromatic N) is 4. The minimum atomic E-state index is -0.0389. The van der Waals surface area contributed by atoms with Crippen molar-refractivity contribution in [3.63, 3.8) is 0 Å². The Bertz CT molecular complexity index is 414. The first-order chi connectivity index (χ1) is 8.61. The van der Waals surface area contributed by atoms with E-state index in [0.29, 0.717) is 12.6 Å². The van der Waals surface area contributed by atoms with Crippen LogP contribution in [-0.2, 0) is 17.9 Å². The highest BCUT2D eigenvalue weighted by molar-refractivity contribution is 5.83. The Morgan fingerprint density at radius 3 is 3.00 bits per heavy atom. The fraction of sp³-hybridized carbons (Fsp3) is 0.750. The van der Waals surface area contributed by atoms with Crippen molar-refractivity contribution in [2.75, 3.05) is 6.54 Å². The minimum Gasteiger partial charge on any atom is -0.334 e.